The van der Waals surface area contributed by atoms with Gasteiger partial charge in [0.2, 0.25) is 0 Å². The number of carbonyl (C=O) groups excluding carboxylic acids is 3. The molecule has 2 aromatic carbocycles. The van der Waals surface area contributed by atoms with Crippen molar-refractivity contribution in [1.82, 2.24) is 0 Å². The van der Waals surface area contributed by atoms with E-state index in [-0.39, 0.29) is 13.2 Å². The molecule has 0 N–H and O–H groups in total. The van der Waals surface area contributed by atoms with Crippen LogP contribution in [-0.2, 0) is 30.4 Å². The van der Waals surface area contributed by atoms with Gasteiger partial charge in [-0.2, -0.15) is 0 Å². The van der Waals surface area contributed by atoms with Crippen molar-refractivity contribution >= 4 is 23.5 Å². The molecule has 0 radical (unpaired) electrons. The first-order chi connectivity index (χ1) is 13.5. The summed E-state index contributed by atoms with van der Waals surface area (Å²) in [6.45, 7) is 1.50. The number of hydrogen-bond acceptors (Lipinski definition) is 6. The highest BCUT2D eigenvalue weighted by Crippen LogP contribution is 2.14. The Bertz CT molecular complexity index is 806. The first kappa shape index (κ1) is 21.1. The fourth-order valence-corrected chi connectivity index (χ4v) is 2.51. The van der Waals surface area contributed by atoms with Crippen LogP contribution in [0.1, 0.15) is 22.8 Å². The van der Waals surface area contributed by atoms with Gasteiger partial charge in [-0.15, -0.1) is 0 Å². The van der Waals surface area contributed by atoms with E-state index in [0.29, 0.717) is 17.9 Å². The molecule has 0 fully saturated rings. The second-order valence-electron chi connectivity index (χ2n) is 5.83. The van der Waals surface area contributed by atoms with Crippen molar-refractivity contribution < 1.29 is 28.6 Å². The van der Waals surface area contributed by atoms with E-state index in [2.05, 4.69) is 0 Å². The normalized spacial score (nSPS) is 10.2. The zero-order valence-electron chi connectivity index (χ0n) is 15.9. The summed E-state index contributed by atoms with van der Waals surface area (Å²) in [6, 6.07) is 15.4. The van der Waals surface area contributed by atoms with Crippen molar-refractivity contribution in [2.45, 2.75) is 13.5 Å². The number of rotatable bonds is 9. The van der Waals surface area contributed by atoms with Crippen LogP contribution in [0.5, 0.6) is 0 Å². The van der Waals surface area contributed by atoms with Crippen molar-refractivity contribution in [1.29, 1.82) is 0 Å². The lowest BCUT2D eigenvalue weighted by molar-refractivity contribution is -0.142. The number of ether oxygens (including phenoxy) is 3. The number of benzene rings is 2. The Morgan fingerprint density at radius 2 is 1.71 bits per heavy atom. The van der Waals surface area contributed by atoms with Crippen LogP contribution < -0.4 is 4.90 Å². The third-order valence-electron chi connectivity index (χ3n) is 3.76. The molecule has 0 spiro atoms. The standard InChI is InChI=1S/C21H23NO6/c1-3-27-20(24)13-22(18-10-5-4-6-11-18)19(23)15-28-21(25)17-9-7-8-16(12-17)14-26-2/h4-12H,3,13-15H2,1-2H3. The Morgan fingerprint density at radius 3 is 2.39 bits per heavy atom. The third-order valence-corrected chi connectivity index (χ3v) is 3.76. The molecule has 7 heteroatoms. The average Bonchev–Trinajstić information content (AvgIpc) is 2.71. The lowest BCUT2D eigenvalue weighted by Gasteiger charge is -2.21. The summed E-state index contributed by atoms with van der Waals surface area (Å²) < 4.78 is 15.1. The Labute approximate surface area is 163 Å². The summed E-state index contributed by atoms with van der Waals surface area (Å²) in [5, 5.41) is 0. The lowest BCUT2D eigenvalue weighted by atomic mass is 10.1. The van der Waals surface area contributed by atoms with E-state index in [1.54, 1.807) is 62.6 Å². The van der Waals surface area contributed by atoms with Crippen LogP contribution in [0.25, 0.3) is 0 Å². The van der Waals surface area contributed by atoms with Crippen LogP contribution >= 0.6 is 0 Å². The molecule has 148 valence electrons. The molecule has 0 saturated heterocycles. The van der Waals surface area contributed by atoms with Crippen molar-refractivity contribution in [3.05, 3.63) is 65.7 Å². The summed E-state index contributed by atoms with van der Waals surface area (Å²) in [4.78, 5) is 38.0. The van der Waals surface area contributed by atoms with E-state index < -0.39 is 24.5 Å². The highest BCUT2D eigenvalue weighted by Gasteiger charge is 2.21. The minimum Gasteiger partial charge on any atom is -0.465 e. The third kappa shape index (κ3) is 6.21. The van der Waals surface area contributed by atoms with Crippen molar-refractivity contribution in [2.75, 3.05) is 31.8 Å². The second kappa shape index (κ2) is 10.8. The number of amides is 1. The number of carbonyl (C=O) groups is 3. The van der Waals surface area contributed by atoms with Crippen LogP contribution in [0.15, 0.2) is 54.6 Å². The number of anilines is 1. The van der Waals surface area contributed by atoms with E-state index in [4.69, 9.17) is 14.2 Å². The van der Waals surface area contributed by atoms with E-state index in [1.807, 2.05) is 6.07 Å². The predicted octanol–water partition coefficient (Wildman–Crippen LogP) is 2.59. The van der Waals surface area contributed by atoms with Crippen LogP contribution in [0.2, 0.25) is 0 Å². The van der Waals surface area contributed by atoms with Gasteiger partial charge >= 0.3 is 11.9 Å². The molecular formula is C21H23NO6. The van der Waals surface area contributed by atoms with Gasteiger partial charge < -0.3 is 14.2 Å². The van der Waals surface area contributed by atoms with Gasteiger partial charge in [-0.25, -0.2) is 4.79 Å². The first-order valence-corrected chi connectivity index (χ1v) is 8.81. The maximum Gasteiger partial charge on any atom is 0.338 e. The van der Waals surface area contributed by atoms with Gasteiger partial charge in [0.1, 0.15) is 6.54 Å². The molecular weight excluding hydrogens is 362 g/mol. The molecule has 1 amide bonds. The largest absolute Gasteiger partial charge is 0.465 e. The minimum atomic E-state index is -0.629. The maximum atomic E-state index is 12.6. The number of esters is 2. The van der Waals surface area contributed by atoms with Gasteiger partial charge in [-0.05, 0) is 36.8 Å². The molecule has 2 rings (SSSR count). The molecule has 0 unspecified atom stereocenters. The van der Waals surface area contributed by atoms with Crippen LogP contribution in [0.3, 0.4) is 0 Å². The summed E-state index contributed by atoms with van der Waals surface area (Å²) in [5.74, 6) is -1.70. The summed E-state index contributed by atoms with van der Waals surface area (Å²) in [7, 11) is 1.56. The molecule has 0 aliphatic carbocycles. The molecule has 0 bridgehead atoms. The average molecular weight is 385 g/mol. The van der Waals surface area contributed by atoms with Crippen molar-refractivity contribution in [2.24, 2.45) is 0 Å². The molecule has 0 atom stereocenters. The molecule has 2 aromatic rings. The van der Waals surface area contributed by atoms with Crippen LogP contribution in [0.4, 0.5) is 5.69 Å². The minimum absolute atomic E-state index is 0.211. The summed E-state index contributed by atoms with van der Waals surface area (Å²) in [5.41, 5.74) is 1.65. The zero-order chi connectivity index (χ0) is 20.4. The van der Waals surface area contributed by atoms with Crippen molar-refractivity contribution in [3.8, 4) is 0 Å². The van der Waals surface area contributed by atoms with Gasteiger partial charge in [-0.1, -0.05) is 30.3 Å². The smallest absolute Gasteiger partial charge is 0.338 e. The Hall–Kier alpha value is -3.19. The highest BCUT2D eigenvalue weighted by molar-refractivity contribution is 6.00. The molecule has 0 aliphatic heterocycles. The highest BCUT2D eigenvalue weighted by atomic mass is 16.5. The molecule has 0 heterocycles. The topological polar surface area (TPSA) is 82.1 Å². The van der Waals surface area contributed by atoms with Gasteiger partial charge in [0.15, 0.2) is 6.61 Å². The predicted molar refractivity (Wildman–Crippen MR) is 103 cm³/mol. The summed E-state index contributed by atoms with van der Waals surface area (Å²) >= 11 is 0. The van der Waals surface area contributed by atoms with E-state index >= 15 is 0 Å². The Balaban J connectivity index is 2.05. The van der Waals surface area contributed by atoms with E-state index in [9.17, 15) is 14.4 Å². The van der Waals surface area contributed by atoms with Gasteiger partial charge in [0.25, 0.3) is 5.91 Å². The van der Waals surface area contributed by atoms with E-state index in [1.165, 1.54) is 4.90 Å². The molecule has 0 aliphatic rings. The fraction of sp³-hybridized carbons (Fsp3) is 0.286. The van der Waals surface area contributed by atoms with Gasteiger partial charge in [0.05, 0.1) is 18.8 Å². The number of nitrogens with zero attached hydrogens (tertiary/aromatic N) is 1. The van der Waals surface area contributed by atoms with Crippen LogP contribution in [-0.4, -0.2) is 44.7 Å². The van der Waals surface area contributed by atoms with E-state index in [0.717, 1.165) is 5.56 Å². The SMILES string of the molecule is CCOC(=O)CN(C(=O)COC(=O)c1cccc(COC)c1)c1ccccc1. The maximum absolute atomic E-state index is 12.6. The second-order valence-corrected chi connectivity index (χ2v) is 5.83. The lowest BCUT2D eigenvalue weighted by Crippen LogP contribution is -2.39. The van der Waals surface area contributed by atoms with Crippen molar-refractivity contribution in [3.63, 3.8) is 0 Å². The quantitative estimate of drug-likeness (QED) is 0.617. The number of methoxy groups -OCH3 is 1. The fourth-order valence-electron chi connectivity index (χ4n) is 2.51. The number of hydrogen-bond donors (Lipinski definition) is 0. The molecule has 0 saturated carbocycles. The Morgan fingerprint density at radius 1 is 0.964 bits per heavy atom. The first-order valence-electron chi connectivity index (χ1n) is 8.81. The zero-order valence-corrected chi connectivity index (χ0v) is 15.9. The van der Waals surface area contributed by atoms with Gasteiger partial charge in [0, 0.05) is 12.8 Å². The molecule has 0 aromatic heterocycles. The monoisotopic (exact) mass is 385 g/mol. The Kier molecular flexibility index (Phi) is 8.17. The number of para-hydroxylation sites is 1. The molecule has 7 nitrogen and oxygen atoms in total. The van der Waals surface area contributed by atoms with Gasteiger partial charge in [-0.3, -0.25) is 14.5 Å². The van der Waals surface area contributed by atoms with Crippen LogP contribution in [0, 0.1) is 0 Å². The molecule has 28 heavy (non-hydrogen) atoms. The summed E-state index contributed by atoms with van der Waals surface area (Å²) in [6.07, 6.45) is 0.